The van der Waals surface area contributed by atoms with Crippen LogP contribution in [0.15, 0.2) is 0 Å². The number of nitrogens with zero attached hydrogens (tertiary/aromatic N) is 1. The zero-order valence-corrected chi connectivity index (χ0v) is 11.5. The van der Waals surface area contributed by atoms with E-state index in [-0.39, 0.29) is 11.7 Å². The van der Waals surface area contributed by atoms with Crippen LogP contribution in [0.1, 0.15) is 46.5 Å². The smallest absolute Gasteiger partial charge is 0.0757 e. The molecule has 1 saturated heterocycles. The average molecular weight is 241 g/mol. The van der Waals surface area contributed by atoms with E-state index in [0.29, 0.717) is 12.0 Å². The molecule has 2 fully saturated rings. The summed E-state index contributed by atoms with van der Waals surface area (Å²) in [7, 11) is 0. The van der Waals surface area contributed by atoms with Gasteiger partial charge in [0.2, 0.25) is 0 Å². The quantitative estimate of drug-likeness (QED) is 0.820. The molecule has 1 heterocycles. The maximum absolute atomic E-state index is 9.83. The number of ether oxygens (including phenoxy) is 1. The van der Waals surface area contributed by atoms with E-state index in [9.17, 15) is 5.11 Å². The first kappa shape index (κ1) is 13.3. The Balaban J connectivity index is 1.78. The minimum atomic E-state index is -0.0403. The summed E-state index contributed by atoms with van der Waals surface area (Å²) in [5.41, 5.74) is -0.0219. The standard InChI is InChI=1S/C14H27NO2/c1-11-9-15(10-14(2,3)17-11)8-7-12-5-4-6-13(12)16/h11-13,16H,4-10H2,1-3H3. The first-order valence-electron chi connectivity index (χ1n) is 7.04. The lowest BCUT2D eigenvalue weighted by atomic mass is 10.00. The van der Waals surface area contributed by atoms with Crippen LogP contribution in [0.3, 0.4) is 0 Å². The van der Waals surface area contributed by atoms with Gasteiger partial charge in [-0.1, -0.05) is 6.42 Å². The highest BCUT2D eigenvalue weighted by molar-refractivity contribution is 4.84. The molecular formula is C14H27NO2. The molecule has 3 unspecified atom stereocenters. The Labute approximate surface area is 105 Å². The summed E-state index contributed by atoms with van der Waals surface area (Å²) < 4.78 is 5.91. The molecule has 100 valence electrons. The van der Waals surface area contributed by atoms with E-state index in [1.165, 1.54) is 12.8 Å². The lowest BCUT2D eigenvalue weighted by Crippen LogP contribution is -2.52. The van der Waals surface area contributed by atoms with E-state index >= 15 is 0 Å². The highest BCUT2D eigenvalue weighted by Crippen LogP contribution is 2.29. The van der Waals surface area contributed by atoms with Gasteiger partial charge in [0.15, 0.2) is 0 Å². The molecule has 1 saturated carbocycles. The van der Waals surface area contributed by atoms with Crippen molar-refractivity contribution < 1.29 is 9.84 Å². The third kappa shape index (κ3) is 3.67. The third-order valence-corrected chi connectivity index (χ3v) is 4.07. The summed E-state index contributed by atoms with van der Waals surface area (Å²) in [4.78, 5) is 2.50. The predicted octanol–water partition coefficient (Wildman–Crippen LogP) is 2.04. The van der Waals surface area contributed by atoms with Gasteiger partial charge in [-0.05, 0) is 52.5 Å². The molecular weight excluding hydrogens is 214 g/mol. The van der Waals surface area contributed by atoms with E-state index < -0.39 is 0 Å². The van der Waals surface area contributed by atoms with Crippen molar-refractivity contribution in [3.05, 3.63) is 0 Å². The van der Waals surface area contributed by atoms with Crippen LogP contribution in [-0.2, 0) is 4.74 Å². The van der Waals surface area contributed by atoms with Crippen molar-refractivity contribution in [3.8, 4) is 0 Å². The lowest BCUT2D eigenvalue weighted by Gasteiger charge is -2.42. The molecule has 2 rings (SSSR count). The molecule has 3 atom stereocenters. The van der Waals surface area contributed by atoms with E-state index in [0.717, 1.165) is 32.5 Å². The number of morpholine rings is 1. The number of aliphatic hydroxyl groups is 1. The van der Waals surface area contributed by atoms with Crippen molar-refractivity contribution >= 4 is 0 Å². The van der Waals surface area contributed by atoms with Crippen molar-refractivity contribution in [2.45, 2.75) is 64.3 Å². The number of hydrogen-bond donors (Lipinski definition) is 1. The molecule has 2 aliphatic rings. The summed E-state index contributed by atoms with van der Waals surface area (Å²) in [5.74, 6) is 0.538. The molecule has 1 aliphatic carbocycles. The van der Waals surface area contributed by atoms with Gasteiger partial charge in [-0.15, -0.1) is 0 Å². The van der Waals surface area contributed by atoms with Crippen LogP contribution in [0.4, 0.5) is 0 Å². The molecule has 0 radical (unpaired) electrons. The van der Waals surface area contributed by atoms with E-state index in [2.05, 4.69) is 25.7 Å². The van der Waals surface area contributed by atoms with Gasteiger partial charge < -0.3 is 9.84 Å². The Morgan fingerprint density at radius 2 is 2.12 bits per heavy atom. The average Bonchev–Trinajstić information content (AvgIpc) is 2.58. The van der Waals surface area contributed by atoms with Gasteiger partial charge in [0.05, 0.1) is 17.8 Å². The minimum absolute atomic E-state index is 0.0219. The van der Waals surface area contributed by atoms with Gasteiger partial charge in [0.25, 0.3) is 0 Å². The van der Waals surface area contributed by atoms with Crippen LogP contribution < -0.4 is 0 Å². The first-order valence-corrected chi connectivity index (χ1v) is 7.04. The van der Waals surface area contributed by atoms with Crippen molar-refractivity contribution in [1.82, 2.24) is 4.90 Å². The van der Waals surface area contributed by atoms with Crippen LogP contribution in [0, 0.1) is 5.92 Å². The second kappa shape index (κ2) is 5.25. The highest BCUT2D eigenvalue weighted by Gasteiger charge is 2.32. The number of aliphatic hydroxyl groups excluding tert-OH is 1. The monoisotopic (exact) mass is 241 g/mol. The fourth-order valence-electron chi connectivity index (χ4n) is 3.46. The normalized spacial score (nSPS) is 38.5. The van der Waals surface area contributed by atoms with Crippen molar-refractivity contribution in [1.29, 1.82) is 0 Å². The van der Waals surface area contributed by atoms with Crippen LogP contribution in [-0.4, -0.2) is 47.4 Å². The van der Waals surface area contributed by atoms with E-state index in [1.54, 1.807) is 0 Å². The molecule has 0 amide bonds. The van der Waals surface area contributed by atoms with Gasteiger partial charge in [-0.2, -0.15) is 0 Å². The summed E-state index contributed by atoms with van der Waals surface area (Å²) in [5, 5.41) is 9.83. The van der Waals surface area contributed by atoms with Crippen LogP contribution in [0.25, 0.3) is 0 Å². The van der Waals surface area contributed by atoms with Crippen LogP contribution in [0.2, 0.25) is 0 Å². The Kier molecular flexibility index (Phi) is 4.11. The Morgan fingerprint density at radius 1 is 1.35 bits per heavy atom. The zero-order valence-electron chi connectivity index (χ0n) is 11.5. The first-order chi connectivity index (χ1) is 7.96. The van der Waals surface area contributed by atoms with E-state index in [1.807, 2.05) is 0 Å². The summed E-state index contributed by atoms with van der Waals surface area (Å²) >= 11 is 0. The molecule has 3 heteroatoms. The lowest BCUT2D eigenvalue weighted by molar-refractivity contribution is -0.129. The van der Waals surface area contributed by atoms with Gasteiger partial charge in [-0.3, -0.25) is 4.90 Å². The Hall–Kier alpha value is -0.120. The fraction of sp³-hybridized carbons (Fsp3) is 1.00. The van der Waals surface area contributed by atoms with Crippen LogP contribution in [0.5, 0.6) is 0 Å². The summed E-state index contributed by atoms with van der Waals surface area (Å²) in [6.07, 6.45) is 4.86. The largest absolute Gasteiger partial charge is 0.393 e. The zero-order chi connectivity index (χ0) is 12.5. The maximum Gasteiger partial charge on any atom is 0.0757 e. The highest BCUT2D eigenvalue weighted by atomic mass is 16.5. The Bertz CT molecular complexity index is 255. The van der Waals surface area contributed by atoms with Gasteiger partial charge in [0, 0.05) is 13.1 Å². The molecule has 0 bridgehead atoms. The molecule has 1 aliphatic heterocycles. The van der Waals surface area contributed by atoms with E-state index in [4.69, 9.17) is 4.74 Å². The molecule has 1 N–H and O–H groups in total. The number of rotatable bonds is 3. The minimum Gasteiger partial charge on any atom is -0.393 e. The second-order valence-electron chi connectivity index (χ2n) is 6.47. The SMILES string of the molecule is CC1CN(CCC2CCCC2O)CC(C)(C)O1. The maximum atomic E-state index is 9.83. The molecule has 0 aromatic heterocycles. The molecule has 0 spiro atoms. The molecule has 0 aromatic rings. The van der Waals surface area contributed by atoms with Crippen molar-refractivity contribution in [3.63, 3.8) is 0 Å². The predicted molar refractivity (Wildman–Crippen MR) is 69.0 cm³/mol. The summed E-state index contributed by atoms with van der Waals surface area (Å²) in [6.45, 7) is 9.64. The van der Waals surface area contributed by atoms with Gasteiger partial charge in [0.1, 0.15) is 0 Å². The molecule has 17 heavy (non-hydrogen) atoms. The molecule has 0 aromatic carbocycles. The molecule has 3 nitrogen and oxygen atoms in total. The topological polar surface area (TPSA) is 32.7 Å². The van der Waals surface area contributed by atoms with Crippen molar-refractivity contribution in [2.24, 2.45) is 5.92 Å². The Morgan fingerprint density at radius 3 is 2.71 bits per heavy atom. The van der Waals surface area contributed by atoms with Crippen LogP contribution >= 0.6 is 0 Å². The fourth-order valence-corrected chi connectivity index (χ4v) is 3.46. The van der Waals surface area contributed by atoms with Gasteiger partial charge in [-0.25, -0.2) is 0 Å². The summed E-state index contributed by atoms with van der Waals surface area (Å²) in [6, 6.07) is 0. The third-order valence-electron chi connectivity index (χ3n) is 4.07. The van der Waals surface area contributed by atoms with Gasteiger partial charge >= 0.3 is 0 Å². The van der Waals surface area contributed by atoms with Crippen molar-refractivity contribution in [2.75, 3.05) is 19.6 Å². The number of hydrogen-bond acceptors (Lipinski definition) is 3. The second-order valence-corrected chi connectivity index (χ2v) is 6.47.